The van der Waals surface area contributed by atoms with Crippen LogP contribution in [0, 0.1) is 0 Å². The molecule has 104 valence electrons. The molecule has 2 rings (SSSR count). The topological polar surface area (TPSA) is 45.7 Å². The monoisotopic (exact) mass is 281 g/mol. The second-order valence-corrected chi connectivity index (χ2v) is 4.92. The smallest absolute Gasteiger partial charge is 0.191 e. The fourth-order valence-electron chi connectivity index (χ4n) is 1.62. The van der Waals surface area contributed by atoms with E-state index in [1.807, 2.05) is 18.2 Å². The Labute approximate surface area is 119 Å². The molecule has 0 atom stereocenters. The maximum Gasteiger partial charge on any atom is 0.191 e. The lowest BCUT2D eigenvalue weighted by atomic mass is 10.3. The van der Waals surface area contributed by atoms with Crippen molar-refractivity contribution in [2.75, 3.05) is 19.7 Å². The molecule has 0 spiro atoms. The van der Waals surface area contributed by atoms with Gasteiger partial charge in [0.15, 0.2) is 5.96 Å². The molecule has 1 aromatic carbocycles. The molecule has 0 heterocycles. The molecule has 5 heteroatoms. The van der Waals surface area contributed by atoms with Crippen molar-refractivity contribution in [3.8, 4) is 5.75 Å². The van der Waals surface area contributed by atoms with Crippen LogP contribution >= 0.6 is 11.6 Å². The molecule has 0 aliphatic heterocycles. The van der Waals surface area contributed by atoms with Crippen LogP contribution in [-0.4, -0.2) is 31.7 Å². The van der Waals surface area contributed by atoms with Crippen molar-refractivity contribution >= 4 is 17.6 Å². The second-order valence-electron chi connectivity index (χ2n) is 4.49. The Balaban J connectivity index is 1.73. The summed E-state index contributed by atoms with van der Waals surface area (Å²) in [5.41, 5.74) is 0. The molecule has 1 aromatic rings. The van der Waals surface area contributed by atoms with Crippen LogP contribution in [0.4, 0.5) is 0 Å². The lowest BCUT2D eigenvalue weighted by Crippen LogP contribution is -2.38. The fraction of sp³-hybridized carbons (Fsp3) is 0.500. The van der Waals surface area contributed by atoms with Gasteiger partial charge in [-0.1, -0.05) is 17.7 Å². The molecule has 0 aromatic heterocycles. The van der Waals surface area contributed by atoms with Crippen molar-refractivity contribution in [2.24, 2.45) is 4.99 Å². The highest BCUT2D eigenvalue weighted by molar-refractivity contribution is 6.30. The second kappa shape index (κ2) is 7.24. The van der Waals surface area contributed by atoms with Crippen molar-refractivity contribution in [2.45, 2.75) is 25.8 Å². The number of aliphatic imine (C=N–C) groups is 1. The van der Waals surface area contributed by atoms with Crippen molar-refractivity contribution in [3.05, 3.63) is 29.3 Å². The Hall–Kier alpha value is -1.42. The highest BCUT2D eigenvalue weighted by Crippen LogP contribution is 2.18. The summed E-state index contributed by atoms with van der Waals surface area (Å²) < 4.78 is 5.59. The van der Waals surface area contributed by atoms with Gasteiger partial charge in [-0.25, -0.2) is 4.99 Å². The Morgan fingerprint density at radius 1 is 1.47 bits per heavy atom. The van der Waals surface area contributed by atoms with Gasteiger partial charge in [0.05, 0.1) is 6.54 Å². The van der Waals surface area contributed by atoms with Crippen molar-refractivity contribution in [1.29, 1.82) is 0 Å². The molecule has 0 bridgehead atoms. The third kappa shape index (κ3) is 5.39. The normalized spacial score (nSPS) is 15.2. The van der Waals surface area contributed by atoms with Crippen LogP contribution in [0.15, 0.2) is 29.3 Å². The van der Waals surface area contributed by atoms with Crippen LogP contribution in [-0.2, 0) is 0 Å². The molecule has 0 saturated heterocycles. The van der Waals surface area contributed by atoms with E-state index in [4.69, 9.17) is 16.3 Å². The minimum atomic E-state index is 0.543. The van der Waals surface area contributed by atoms with Gasteiger partial charge in [-0.3, -0.25) is 0 Å². The minimum Gasteiger partial charge on any atom is -0.492 e. The number of benzene rings is 1. The summed E-state index contributed by atoms with van der Waals surface area (Å²) in [6, 6.07) is 8.00. The van der Waals surface area contributed by atoms with E-state index in [0.29, 0.717) is 24.2 Å². The number of guanidine groups is 1. The first-order valence-electron chi connectivity index (χ1n) is 6.71. The Morgan fingerprint density at radius 3 is 3.00 bits per heavy atom. The van der Waals surface area contributed by atoms with Crippen LogP contribution in [0.25, 0.3) is 0 Å². The molecule has 1 aliphatic carbocycles. The number of rotatable bonds is 6. The molecule has 0 unspecified atom stereocenters. The van der Waals surface area contributed by atoms with Gasteiger partial charge in [-0.05, 0) is 38.0 Å². The third-order valence-electron chi connectivity index (χ3n) is 2.69. The number of nitrogens with one attached hydrogen (secondary N) is 2. The SMILES string of the molecule is CCNC(=NCCOc1cccc(Cl)c1)NC1CC1. The lowest BCUT2D eigenvalue weighted by molar-refractivity contribution is 0.328. The first-order valence-corrected chi connectivity index (χ1v) is 7.09. The summed E-state index contributed by atoms with van der Waals surface area (Å²) >= 11 is 5.89. The van der Waals surface area contributed by atoms with Crippen LogP contribution in [0.3, 0.4) is 0 Å². The summed E-state index contributed by atoms with van der Waals surface area (Å²) in [6.45, 7) is 4.09. The summed E-state index contributed by atoms with van der Waals surface area (Å²) in [5.74, 6) is 1.66. The van der Waals surface area contributed by atoms with E-state index in [0.717, 1.165) is 18.3 Å². The van der Waals surface area contributed by atoms with E-state index < -0.39 is 0 Å². The molecular formula is C14H20ClN3O. The van der Waals surface area contributed by atoms with E-state index in [1.54, 1.807) is 6.07 Å². The summed E-state index contributed by atoms with van der Waals surface area (Å²) in [4.78, 5) is 4.47. The summed E-state index contributed by atoms with van der Waals surface area (Å²) in [7, 11) is 0. The van der Waals surface area contributed by atoms with Gasteiger partial charge in [0.2, 0.25) is 0 Å². The van der Waals surface area contributed by atoms with Gasteiger partial charge < -0.3 is 15.4 Å². The number of halogens is 1. The molecule has 4 nitrogen and oxygen atoms in total. The van der Waals surface area contributed by atoms with Gasteiger partial charge in [-0.2, -0.15) is 0 Å². The van der Waals surface area contributed by atoms with E-state index in [2.05, 4.69) is 22.5 Å². The molecular weight excluding hydrogens is 262 g/mol. The first kappa shape index (κ1) is 14.0. The largest absolute Gasteiger partial charge is 0.492 e. The Morgan fingerprint density at radius 2 is 2.32 bits per heavy atom. The molecule has 0 radical (unpaired) electrons. The summed E-state index contributed by atoms with van der Waals surface area (Å²) in [6.07, 6.45) is 2.48. The van der Waals surface area contributed by atoms with Crippen molar-refractivity contribution in [1.82, 2.24) is 10.6 Å². The number of hydrogen-bond donors (Lipinski definition) is 2. The molecule has 0 amide bonds. The predicted molar refractivity (Wildman–Crippen MR) is 79.1 cm³/mol. The number of hydrogen-bond acceptors (Lipinski definition) is 2. The summed E-state index contributed by atoms with van der Waals surface area (Å²) in [5, 5.41) is 7.27. The number of nitrogens with zero attached hydrogens (tertiary/aromatic N) is 1. The van der Waals surface area contributed by atoms with Gasteiger partial charge in [-0.15, -0.1) is 0 Å². The van der Waals surface area contributed by atoms with Gasteiger partial charge in [0.1, 0.15) is 12.4 Å². The Bertz CT molecular complexity index is 432. The molecule has 1 fully saturated rings. The van der Waals surface area contributed by atoms with Crippen molar-refractivity contribution in [3.63, 3.8) is 0 Å². The van der Waals surface area contributed by atoms with Crippen LogP contribution in [0.5, 0.6) is 5.75 Å². The number of ether oxygens (including phenoxy) is 1. The van der Waals surface area contributed by atoms with Gasteiger partial charge in [0, 0.05) is 17.6 Å². The van der Waals surface area contributed by atoms with E-state index >= 15 is 0 Å². The highest BCUT2D eigenvalue weighted by Gasteiger charge is 2.21. The van der Waals surface area contributed by atoms with Gasteiger partial charge in [0.25, 0.3) is 0 Å². The van der Waals surface area contributed by atoms with E-state index in [9.17, 15) is 0 Å². The average Bonchev–Trinajstić information content (AvgIpc) is 3.19. The van der Waals surface area contributed by atoms with Crippen LogP contribution < -0.4 is 15.4 Å². The minimum absolute atomic E-state index is 0.543. The highest BCUT2D eigenvalue weighted by atomic mass is 35.5. The van der Waals surface area contributed by atoms with E-state index in [1.165, 1.54) is 12.8 Å². The maximum atomic E-state index is 5.89. The van der Waals surface area contributed by atoms with Gasteiger partial charge >= 0.3 is 0 Å². The first-order chi connectivity index (χ1) is 9.28. The standard InChI is InChI=1S/C14H20ClN3O/c1-2-16-14(18-12-6-7-12)17-8-9-19-13-5-3-4-11(15)10-13/h3-5,10,12H,2,6-9H2,1H3,(H2,16,17,18). The molecule has 1 saturated carbocycles. The maximum absolute atomic E-state index is 5.89. The fourth-order valence-corrected chi connectivity index (χ4v) is 1.80. The quantitative estimate of drug-likeness (QED) is 0.478. The lowest BCUT2D eigenvalue weighted by Gasteiger charge is -2.10. The van der Waals surface area contributed by atoms with Crippen molar-refractivity contribution < 1.29 is 4.74 Å². The zero-order valence-electron chi connectivity index (χ0n) is 11.2. The molecule has 19 heavy (non-hydrogen) atoms. The Kier molecular flexibility index (Phi) is 5.33. The predicted octanol–water partition coefficient (Wildman–Crippen LogP) is 2.44. The van der Waals surface area contributed by atoms with Crippen LogP contribution in [0.2, 0.25) is 5.02 Å². The van der Waals surface area contributed by atoms with E-state index in [-0.39, 0.29) is 0 Å². The van der Waals surface area contributed by atoms with Crippen LogP contribution in [0.1, 0.15) is 19.8 Å². The molecule has 1 aliphatic rings. The average molecular weight is 282 g/mol. The molecule has 2 N–H and O–H groups in total. The zero-order valence-corrected chi connectivity index (χ0v) is 11.9. The third-order valence-corrected chi connectivity index (χ3v) is 2.92. The zero-order chi connectivity index (χ0) is 13.5.